The van der Waals surface area contributed by atoms with E-state index in [4.69, 9.17) is 14.2 Å². The number of carbonyl (C=O) groups excluding carboxylic acids is 2. The van der Waals surface area contributed by atoms with E-state index in [2.05, 4.69) is 27.3 Å². The topological polar surface area (TPSA) is 73.9 Å². The van der Waals surface area contributed by atoms with Gasteiger partial charge in [0.15, 0.2) is 0 Å². The van der Waals surface area contributed by atoms with E-state index in [1.807, 2.05) is 102 Å². The van der Waals surface area contributed by atoms with Crippen LogP contribution < -0.4 is 10.1 Å². The van der Waals surface area contributed by atoms with Crippen LogP contribution in [0.2, 0.25) is 0 Å². The SMILES string of the molecule is CC(C)(C)OC(=O)Cc1ccccc1OCc1cc(Br)cc(-c2cccc(CNC(=O)OC(C)(C)C)c2)c1. The number of benzene rings is 3. The van der Waals surface area contributed by atoms with Gasteiger partial charge in [-0.25, -0.2) is 4.79 Å². The molecule has 0 heterocycles. The first-order valence-corrected chi connectivity index (χ1v) is 13.3. The summed E-state index contributed by atoms with van der Waals surface area (Å²) in [6.07, 6.45) is -0.307. The van der Waals surface area contributed by atoms with Crippen molar-refractivity contribution >= 4 is 28.0 Å². The van der Waals surface area contributed by atoms with E-state index in [0.717, 1.165) is 32.3 Å². The average molecular weight is 583 g/mol. The Morgan fingerprint density at radius 1 is 0.789 bits per heavy atom. The van der Waals surface area contributed by atoms with E-state index in [1.54, 1.807) is 0 Å². The predicted octanol–water partition coefficient (Wildman–Crippen LogP) is 7.60. The minimum Gasteiger partial charge on any atom is -0.489 e. The minimum absolute atomic E-state index is 0.140. The molecule has 202 valence electrons. The normalized spacial score (nSPS) is 11.6. The summed E-state index contributed by atoms with van der Waals surface area (Å²) in [5, 5.41) is 2.80. The summed E-state index contributed by atoms with van der Waals surface area (Å²) in [5.74, 6) is 0.356. The Hall–Kier alpha value is -3.32. The van der Waals surface area contributed by atoms with Crippen molar-refractivity contribution in [2.24, 2.45) is 0 Å². The molecule has 0 atom stereocenters. The number of carbonyl (C=O) groups is 2. The number of halogens is 1. The minimum atomic E-state index is -0.545. The summed E-state index contributed by atoms with van der Waals surface area (Å²) in [6.45, 7) is 11.8. The second kappa shape index (κ2) is 12.5. The number of hydrogen-bond acceptors (Lipinski definition) is 5. The fourth-order valence-electron chi connectivity index (χ4n) is 3.73. The van der Waals surface area contributed by atoms with Crippen molar-refractivity contribution in [3.8, 4) is 16.9 Å². The maximum absolute atomic E-state index is 12.4. The van der Waals surface area contributed by atoms with Gasteiger partial charge in [-0.15, -0.1) is 0 Å². The molecular weight excluding hydrogens is 546 g/mol. The lowest BCUT2D eigenvalue weighted by Crippen LogP contribution is -2.32. The molecule has 0 spiro atoms. The first kappa shape index (κ1) is 29.2. The van der Waals surface area contributed by atoms with Gasteiger partial charge in [-0.2, -0.15) is 0 Å². The molecule has 7 heteroatoms. The molecule has 0 fully saturated rings. The average Bonchev–Trinajstić information content (AvgIpc) is 2.80. The summed E-state index contributed by atoms with van der Waals surface area (Å²) in [7, 11) is 0. The van der Waals surface area contributed by atoms with E-state index in [9.17, 15) is 9.59 Å². The molecule has 1 N–H and O–H groups in total. The van der Waals surface area contributed by atoms with Gasteiger partial charge in [-0.3, -0.25) is 4.79 Å². The van der Waals surface area contributed by atoms with E-state index >= 15 is 0 Å². The van der Waals surface area contributed by atoms with Crippen molar-refractivity contribution < 1.29 is 23.8 Å². The van der Waals surface area contributed by atoms with Crippen molar-refractivity contribution in [3.63, 3.8) is 0 Å². The van der Waals surface area contributed by atoms with Crippen LogP contribution in [0.3, 0.4) is 0 Å². The largest absolute Gasteiger partial charge is 0.489 e. The summed E-state index contributed by atoms with van der Waals surface area (Å²) in [6, 6.07) is 21.6. The van der Waals surface area contributed by atoms with Crippen molar-refractivity contribution in [2.45, 2.75) is 72.3 Å². The number of nitrogens with one attached hydrogen (secondary N) is 1. The highest BCUT2D eigenvalue weighted by molar-refractivity contribution is 9.10. The molecule has 0 bridgehead atoms. The molecule has 0 aromatic heterocycles. The Morgan fingerprint density at radius 3 is 2.18 bits per heavy atom. The fourth-order valence-corrected chi connectivity index (χ4v) is 4.28. The second-order valence-electron chi connectivity index (χ2n) is 11.1. The number of para-hydroxylation sites is 1. The van der Waals surface area contributed by atoms with Gasteiger partial charge in [0.25, 0.3) is 0 Å². The van der Waals surface area contributed by atoms with Crippen molar-refractivity contribution in [1.82, 2.24) is 5.32 Å². The highest BCUT2D eigenvalue weighted by atomic mass is 79.9. The number of alkyl carbamates (subject to hydrolysis) is 1. The highest BCUT2D eigenvalue weighted by Gasteiger charge is 2.18. The van der Waals surface area contributed by atoms with Gasteiger partial charge >= 0.3 is 12.1 Å². The molecule has 3 aromatic carbocycles. The maximum atomic E-state index is 12.4. The standard InChI is InChI=1S/C31H36BrNO5/c1-30(2,3)37-28(34)18-24-11-7-8-13-27(24)36-20-22-15-25(17-26(32)16-22)23-12-9-10-21(14-23)19-33-29(35)38-31(4,5)6/h7-17H,18-20H2,1-6H3,(H,33,35). The molecular formula is C31H36BrNO5. The monoisotopic (exact) mass is 581 g/mol. The number of ether oxygens (including phenoxy) is 3. The van der Waals surface area contributed by atoms with Crippen LogP contribution in [0.25, 0.3) is 11.1 Å². The van der Waals surface area contributed by atoms with Gasteiger partial charge in [-0.05, 0) is 94.1 Å². The number of hydrogen-bond donors (Lipinski definition) is 1. The van der Waals surface area contributed by atoms with Crippen LogP contribution in [0.4, 0.5) is 4.79 Å². The molecule has 0 aliphatic carbocycles. The molecule has 0 unspecified atom stereocenters. The molecule has 0 aliphatic heterocycles. The third-order valence-corrected chi connectivity index (χ3v) is 5.63. The maximum Gasteiger partial charge on any atom is 0.407 e. The summed E-state index contributed by atoms with van der Waals surface area (Å²) in [5.41, 5.74) is 3.66. The lowest BCUT2D eigenvalue weighted by atomic mass is 10.0. The molecule has 0 aliphatic rings. The van der Waals surface area contributed by atoms with Crippen LogP contribution in [0.5, 0.6) is 5.75 Å². The Bertz CT molecular complexity index is 1270. The zero-order valence-electron chi connectivity index (χ0n) is 22.9. The van der Waals surface area contributed by atoms with Crippen LogP contribution >= 0.6 is 15.9 Å². The molecule has 38 heavy (non-hydrogen) atoms. The fraction of sp³-hybridized carbons (Fsp3) is 0.355. The Kier molecular flexibility index (Phi) is 9.60. The summed E-state index contributed by atoms with van der Waals surface area (Å²) < 4.78 is 17.9. The highest BCUT2D eigenvalue weighted by Crippen LogP contribution is 2.28. The Balaban J connectivity index is 1.70. The Labute approximate surface area is 233 Å². The van der Waals surface area contributed by atoms with Gasteiger partial charge in [-0.1, -0.05) is 52.3 Å². The van der Waals surface area contributed by atoms with Crippen molar-refractivity contribution in [1.29, 1.82) is 0 Å². The number of amides is 1. The number of esters is 1. The molecule has 0 saturated heterocycles. The quantitative estimate of drug-likeness (QED) is 0.277. The zero-order valence-corrected chi connectivity index (χ0v) is 24.5. The van der Waals surface area contributed by atoms with Gasteiger partial charge in [0, 0.05) is 16.6 Å². The van der Waals surface area contributed by atoms with Crippen LogP contribution in [0, 0.1) is 0 Å². The lowest BCUT2D eigenvalue weighted by Gasteiger charge is -2.20. The molecule has 3 rings (SSSR count). The summed E-state index contributed by atoms with van der Waals surface area (Å²) in [4.78, 5) is 24.4. The van der Waals surface area contributed by atoms with Crippen LogP contribution in [-0.2, 0) is 33.8 Å². The molecule has 0 radical (unpaired) electrons. The van der Waals surface area contributed by atoms with Crippen molar-refractivity contribution in [3.05, 3.63) is 87.9 Å². The van der Waals surface area contributed by atoms with E-state index in [0.29, 0.717) is 18.9 Å². The molecule has 3 aromatic rings. The van der Waals surface area contributed by atoms with E-state index < -0.39 is 17.3 Å². The molecule has 0 saturated carbocycles. The summed E-state index contributed by atoms with van der Waals surface area (Å²) >= 11 is 3.62. The smallest absolute Gasteiger partial charge is 0.407 e. The van der Waals surface area contributed by atoms with Crippen LogP contribution in [0.1, 0.15) is 58.2 Å². The van der Waals surface area contributed by atoms with Crippen molar-refractivity contribution in [2.75, 3.05) is 0 Å². The second-order valence-corrected chi connectivity index (χ2v) is 12.0. The Morgan fingerprint density at radius 2 is 1.47 bits per heavy atom. The van der Waals surface area contributed by atoms with E-state index in [1.165, 1.54) is 0 Å². The first-order valence-electron chi connectivity index (χ1n) is 12.6. The predicted molar refractivity (Wildman–Crippen MR) is 153 cm³/mol. The van der Waals surface area contributed by atoms with Crippen LogP contribution in [-0.4, -0.2) is 23.3 Å². The molecule has 6 nitrogen and oxygen atoms in total. The zero-order chi connectivity index (χ0) is 27.9. The van der Waals surface area contributed by atoms with Gasteiger partial charge in [0.2, 0.25) is 0 Å². The first-order chi connectivity index (χ1) is 17.8. The number of rotatable bonds is 8. The lowest BCUT2D eigenvalue weighted by molar-refractivity contribution is -0.153. The van der Waals surface area contributed by atoms with E-state index in [-0.39, 0.29) is 12.4 Å². The van der Waals surface area contributed by atoms with Crippen LogP contribution in [0.15, 0.2) is 71.2 Å². The molecule has 1 amide bonds. The van der Waals surface area contributed by atoms with Gasteiger partial charge < -0.3 is 19.5 Å². The third kappa shape index (κ3) is 9.86. The third-order valence-electron chi connectivity index (χ3n) is 5.18. The van der Waals surface area contributed by atoms with Gasteiger partial charge in [0.05, 0.1) is 6.42 Å². The van der Waals surface area contributed by atoms with Gasteiger partial charge in [0.1, 0.15) is 23.6 Å².